The molecule has 50 heavy (non-hydrogen) atoms. The lowest BCUT2D eigenvalue weighted by Crippen LogP contribution is -2.25. The number of unbranched alkanes of at least 4 members (excludes halogenated alkanes) is 6. The predicted molar refractivity (Wildman–Crippen MR) is 219 cm³/mol. The first-order valence-electron chi connectivity index (χ1n) is 18.9. The summed E-state index contributed by atoms with van der Waals surface area (Å²) in [4.78, 5) is 0.992. The molecular weight excluding hydrogens is 621 g/mol. The summed E-state index contributed by atoms with van der Waals surface area (Å²) < 4.78 is 0. The molecule has 1 heteroatoms. The maximum absolute atomic E-state index is 4.57. The lowest BCUT2D eigenvalue weighted by molar-refractivity contribution is 0.401. The Morgan fingerprint density at radius 1 is 0.380 bits per heavy atom. The number of thiol groups is 1. The van der Waals surface area contributed by atoms with Crippen molar-refractivity contribution in [3.8, 4) is 55.6 Å². The van der Waals surface area contributed by atoms with Crippen LogP contribution in [0.15, 0.2) is 144 Å². The quantitative estimate of drug-likeness (QED) is 0.0865. The molecule has 0 aliphatic heterocycles. The van der Waals surface area contributed by atoms with Gasteiger partial charge < -0.3 is 0 Å². The molecular formula is C49H50S. The molecule has 0 aromatic heterocycles. The van der Waals surface area contributed by atoms with E-state index in [1.54, 1.807) is 11.1 Å². The van der Waals surface area contributed by atoms with Crippen LogP contribution in [0.3, 0.4) is 0 Å². The summed E-state index contributed by atoms with van der Waals surface area (Å²) >= 11 is 4.57. The smallest absolute Gasteiger partial charge is 0.0215 e. The molecule has 0 nitrogen and oxygen atoms in total. The minimum absolute atomic E-state index is 0.0229. The minimum atomic E-state index is 0.0229. The highest BCUT2D eigenvalue weighted by molar-refractivity contribution is 7.80. The molecule has 7 rings (SSSR count). The highest BCUT2D eigenvalue weighted by atomic mass is 32.1. The predicted octanol–water partition coefficient (Wildman–Crippen LogP) is 14.9. The van der Waals surface area contributed by atoms with Crippen LogP contribution < -0.4 is 0 Å². The van der Waals surface area contributed by atoms with E-state index in [1.165, 1.54) is 120 Å². The first-order chi connectivity index (χ1) is 24.6. The molecule has 6 aromatic carbocycles. The van der Waals surface area contributed by atoms with Gasteiger partial charge in [-0.1, -0.05) is 180 Å². The minimum Gasteiger partial charge on any atom is -0.143 e. The zero-order chi connectivity index (χ0) is 34.3. The number of rotatable bonds is 14. The third-order valence-electron chi connectivity index (χ3n) is 11.0. The normalized spacial score (nSPS) is 12.9. The molecule has 1 aliphatic carbocycles. The first kappa shape index (κ1) is 34.1. The van der Waals surface area contributed by atoms with Crippen molar-refractivity contribution in [2.24, 2.45) is 0 Å². The fourth-order valence-corrected chi connectivity index (χ4v) is 8.48. The Labute approximate surface area is 306 Å². The van der Waals surface area contributed by atoms with E-state index in [0.717, 1.165) is 4.90 Å². The largest absolute Gasteiger partial charge is 0.143 e. The summed E-state index contributed by atoms with van der Waals surface area (Å²) in [6.07, 6.45) is 12.7. The maximum Gasteiger partial charge on any atom is 0.0215 e. The third-order valence-corrected chi connectivity index (χ3v) is 11.3. The molecule has 0 spiro atoms. The van der Waals surface area contributed by atoms with E-state index in [0.29, 0.717) is 0 Å². The van der Waals surface area contributed by atoms with Gasteiger partial charge in [-0.3, -0.25) is 0 Å². The summed E-state index contributed by atoms with van der Waals surface area (Å²) in [5.74, 6) is 0. The lowest BCUT2D eigenvalue weighted by Gasteiger charge is -2.33. The number of hydrogen-bond donors (Lipinski definition) is 1. The second-order valence-corrected chi connectivity index (χ2v) is 14.8. The Hall–Kier alpha value is -4.33. The Bertz CT molecular complexity index is 2010. The number of fused-ring (bicyclic) bond motifs is 3. The molecule has 0 fully saturated rings. The van der Waals surface area contributed by atoms with Crippen LogP contribution in [0.25, 0.3) is 55.6 Å². The molecule has 0 saturated heterocycles. The summed E-state index contributed by atoms with van der Waals surface area (Å²) in [6, 6.07) is 52.1. The molecule has 0 bridgehead atoms. The van der Waals surface area contributed by atoms with Crippen molar-refractivity contribution >= 4 is 12.6 Å². The van der Waals surface area contributed by atoms with Crippen LogP contribution in [-0.4, -0.2) is 0 Å². The van der Waals surface area contributed by atoms with Crippen LogP contribution in [0.4, 0.5) is 0 Å². The van der Waals surface area contributed by atoms with E-state index in [2.05, 4.69) is 160 Å². The van der Waals surface area contributed by atoms with Gasteiger partial charge >= 0.3 is 0 Å². The average Bonchev–Trinajstić information content (AvgIpc) is 3.44. The van der Waals surface area contributed by atoms with Gasteiger partial charge in [0.15, 0.2) is 0 Å². The topological polar surface area (TPSA) is 0 Å². The van der Waals surface area contributed by atoms with Gasteiger partial charge in [-0.15, -0.1) is 12.6 Å². The van der Waals surface area contributed by atoms with Gasteiger partial charge in [0.1, 0.15) is 0 Å². The first-order valence-corrected chi connectivity index (χ1v) is 19.4. The van der Waals surface area contributed by atoms with E-state index in [9.17, 15) is 0 Å². The second-order valence-electron chi connectivity index (χ2n) is 14.3. The van der Waals surface area contributed by atoms with Crippen molar-refractivity contribution in [2.45, 2.75) is 88.4 Å². The molecule has 0 radical (unpaired) electrons. The van der Waals surface area contributed by atoms with Gasteiger partial charge in [0.05, 0.1) is 0 Å². The van der Waals surface area contributed by atoms with Crippen LogP contribution in [0.5, 0.6) is 0 Å². The van der Waals surface area contributed by atoms with E-state index in [-0.39, 0.29) is 5.41 Å². The van der Waals surface area contributed by atoms with Crippen molar-refractivity contribution in [1.29, 1.82) is 0 Å². The summed E-state index contributed by atoms with van der Waals surface area (Å²) in [5.41, 5.74) is 16.1. The average molecular weight is 671 g/mol. The molecule has 6 aromatic rings. The highest BCUT2D eigenvalue weighted by Crippen LogP contribution is 2.56. The molecule has 0 amide bonds. The standard InChI is InChI=1S/C49H50S/c1-3-5-7-12-31-49(32-13-8-6-4-2)47-34-42(39-21-19-37(20-22-39)36-15-10-9-11-16-36)27-29-45(47)46-30-28-43(35-48(46)49)40-25-23-38(24-26-40)41-17-14-18-44(50)33-41/h9-11,14-30,33-35,50H,3-8,12-13,31-32H2,1-2H3. The maximum atomic E-state index is 4.57. The van der Waals surface area contributed by atoms with E-state index in [1.807, 2.05) is 6.07 Å². The van der Waals surface area contributed by atoms with Crippen molar-refractivity contribution in [3.63, 3.8) is 0 Å². The monoisotopic (exact) mass is 670 g/mol. The van der Waals surface area contributed by atoms with Crippen molar-refractivity contribution < 1.29 is 0 Å². The highest BCUT2D eigenvalue weighted by Gasteiger charge is 2.42. The molecule has 0 atom stereocenters. The summed E-state index contributed by atoms with van der Waals surface area (Å²) in [7, 11) is 0. The summed E-state index contributed by atoms with van der Waals surface area (Å²) in [6.45, 7) is 4.64. The molecule has 252 valence electrons. The van der Waals surface area contributed by atoms with Crippen LogP contribution >= 0.6 is 12.6 Å². The zero-order valence-corrected chi connectivity index (χ0v) is 30.7. The van der Waals surface area contributed by atoms with Crippen LogP contribution in [0.1, 0.15) is 89.2 Å². The Balaban J connectivity index is 1.29. The number of benzene rings is 6. The van der Waals surface area contributed by atoms with E-state index >= 15 is 0 Å². The Kier molecular flexibility index (Phi) is 10.7. The van der Waals surface area contributed by atoms with Crippen molar-refractivity contribution in [2.75, 3.05) is 0 Å². The van der Waals surface area contributed by atoms with Gasteiger partial charge in [-0.25, -0.2) is 0 Å². The molecule has 1 aliphatic rings. The molecule has 0 unspecified atom stereocenters. The SMILES string of the molecule is CCCCCCC1(CCCCCC)c2cc(-c3ccc(-c4ccccc4)cc3)ccc2-c2ccc(-c3ccc(-c4cccc(S)c4)cc3)cc21. The fraction of sp³-hybridized carbons (Fsp3) is 0.265. The molecule has 0 N–H and O–H groups in total. The van der Waals surface area contributed by atoms with Gasteiger partial charge in [0, 0.05) is 10.3 Å². The number of hydrogen-bond acceptors (Lipinski definition) is 1. The Morgan fingerprint density at radius 3 is 1.24 bits per heavy atom. The molecule has 0 saturated carbocycles. The van der Waals surface area contributed by atoms with Gasteiger partial charge in [0.25, 0.3) is 0 Å². The van der Waals surface area contributed by atoms with Crippen LogP contribution in [0.2, 0.25) is 0 Å². The second kappa shape index (κ2) is 15.7. The lowest BCUT2D eigenvalue weighted by atomic mass is 9.70. The van der Waals surface area contributed by atoms with Crippen molar-refractivity contribution in [1.82, 2.24) is 0 Å². The van der Waals surface area contributed by atoms with Gasteiger partial charge in [0.2, 0.25) is 0 Å². The zero-order valence-electron chi connectivity index (χ0n) is 29.8. The van der Waals surface area contributed by atoms with Crippen LogP contribution in [0, 0.1) is 0 Å². The third kappa shape index (κ3) is 7.12. The van der Waals surface area contributed by atoms with E-state index < -0.39 is 0 Å². The fourth-order valence-electron chi connectivity index (χ4n) is 8.25. The Morgan fingerprint density at radius 2 is 0.780 bits per heavy atom. The molecule has 0 heterocycles. The van der Waals surface area contributed by atoms with Crippen molar-refractivity contribution in [3.05, 3.63) is 151 Å². The van der Waals surface area contributed by atoms with Crippen LogP contribution in [-0.2, 0) is 5.41 Å². The van der Waals surface area contributed by atoms with Gasteiger partial charge in [-0.2, -0.15) is 0 Å². The summed E-state index contributed by atoms with van der Waals surface area (Å²) in [5, 5.41) is 0. The van der Waals surface area contributed by atoms with E-state index in [4.69, 9.17) is 0 Å². The van der Waals surface area contributed by atoms with Gasteiger partial charge in [-0.05, 0) is 104 Å².